The summed E-state index contributed by atoms with van der Waals surface area (Å²) in [6.07, 6.45) is 0. The van der Waals surface area contributed by atoms with Crippen LogP contribution in [0.1, 0.15) is 32.2 Å². The Hall–Kier alpha value is -3.29. The molecule has 1 amide bonds. The van der Waals surface area contributed by atoms with E-state index in [1.54, 1.807) is 6.92 Å². The molecule has 8 heteroatoms. The van der Waals surface area contributed by atoms with Gasteiger partial charge in [-0.25, -0.2) is 4.39 Å². The fraction of sp³-hybridized carbons (Fsp3) is 0.300. The van der Waals surface area contributed by atoms with E-state index in [0.29, 0.717) is 17.3 Å². The minimum absolute atomic E-state index is 0.109. The van der Waals surface area contributed by atoms with Crippen molar-refractivity contribution in [1.29, 1.82) is 0 Å². The zero-order valence-corrected chi connectivity index (χ0v) is 16.2. The van der Waals surface area contributed by atoms with Crippen LogP contribution >= 0.6 is 0 Å². The number of anilines is 1. The van der Waals surface area contributed by atoms with Gasteiger partial charge in [0, 0.05) is 5.69 Å². The standard InChI is InChI=1S/C20H22FN5O2/c1-13-23-24-25-26(13)17-11-14(9-10-16(17)21)22-19(27)12-28-18-8-6-5-7-15(18)20(2,3)4/h5-11H,12H2,1-4H3,(H,22,27). The van der Waals surface area contributed by atoms with Gasteiger partial charge in [-0.3, -0.25) is 4.79 Å². The van der Waals surface area contributed by atoms with Gasteiger partial charge in [-0.1, -0.05) is 39.0 Å². The summed E-state index contributed by atoms with van der Waals surface area (Å²) in [6, 6.07) is 11.8. The van der Waals surface area contributed by atoms with Gasteiger partial charge in [0.2, 0.25) is 0 Å². The zero-order valence-electron chi connectivity index (χ0n) is 16.2. The van der Waals surface area contributed by atoms with Gasteiger partial charge in [0.05, 0.1) is 0 Å². The molecule has 1 N–H and O–H groups in total. The molecule has 7 nitrogen and oxygen atoms in total. The minimum Gasteiger partial charge on any atom is -0.483 e. The van der Waals surface area contributed by atoms with Crippen LogP contribution in [0.5, 0.6) is 5.75 Å². The number of rotatable bonds is 5. The third-order valence-corrected chi connectivity index (χ3v) is 4.14. The number of hydrogen-bond acceptors (Lipinski definition) is 5. The molecule has 0 aliphatic carbocycles. The largest absolute Gasteiger partial charge is 0.483 e. The average molecular weight is 383 g/mol. The van der Waals surface area contributed by atoms with Crippen molar-refractivity contribution in [2.24, 2.45) is 0 Å². The van der Waals surface area contributed by atoms with E-state index in [1.165, 1.54) is 22.9 Å². The number of nitrogens with one attached hydrogen (secondary N) is 1. The number of benzene rings is 2. The highest BCUT2D eigenvalue weighted by atomic mass is 19.1. The quantitative estimate of drug-likeness (QED) is 0.730. The molecule has 0 aliphatic heterocycles. The van der Waals surface area contributed by atoms with Gasteiger partial charge in [-0.2, -0.15) is 4.68 Å². The molecule has 0 saturated carbocycles. The average Bonchev–Trinajstić information content (AvgIpc) is 3.07. The Morgan fingerprint density at radius 2 is 1.96 bits per heavy atom. The Morgan fingerprint density at radius 1 is 1.21 bits per heavy atom. The van der Waals surface area contributed by atoms with Gasteiger partial charge in [0.25, 0.3) is 5.91 Å². The maximum absolute atomic E-state index is 14.1. The Balaban J connectivity index is 1.71. The van der Waals surface area contributed by atoms with Gasteiger partial charge in [0.1, 0.15) is 17.3 Å². The molecule has 0 atom stereocenters. The van der Waals surface area contributed by atoms with E-state index in [2.05, 4.69) is 41.6 Å². The third-order valence-electron chi connectivity index (χ3n) is 4.14. The first kappa shape index (κ1) is 19.5. The third kappa shape index (κ3) is 4.33. The van der Waals surface area contributed by atoms with Crippen molar-refractivity contribution in [3.8, 4) is 11.4 Å². The highest BCUT2D eigenvalue weighted by Gasteiger charge is 2.19. The number of amides is 1. The van der Waals surface area contributed by atoms with Crippen LogP contribution in [-0.2, 0) is 10.2 Å². The summed E-state index contributed by atoms with van der Waals surface area (Å²) < 4.78 is 21.1. The number of aryl methyl sites for hydroxylation is 1. The van der Waals surface area contributed by atoms with Crippen LogP contribution in [0.2, 0.25) is 0 Å². The Labute approximate surface area is 162 Å². The number of tetrazole rings is 1. The first-order chi connectivity index (χ1) is 13.3. The van der Waals surface area contributed by atoms with E-state index in [9.17, 15) is 9.18 Å². The topological polar surface area (TPSA) is 81.9 Å². The fourth-order valence-corrected chi connectivity index (χ4v) is 2.76. The smallest absolute Gasteiger partial charge is 0.262 e. The van der Waals surface area contributed by atoms with Crippen molar-refractivity contribution >= 4 is 11.6 Å². The number of aromatic nitrogens is 4. The van der Waals surface area contributed by atoms with Crippen LogP contribution in [0, 0.1) is 12.7 Å². The summed E-state index contributed by atoms with van der Waals surface area (Å²) in [4.78, 5) is 12.3. The molecule has 0 spiro atoms. The molecule has 28 heavy (non-hydrogen) atoms. The number of hydrogen-bond donors (Lipinski definition) is 1. The molecule has 0 unspecified atom stereocenters. The molecule has 1 aromatic heterocycles. The van der Waals surface area contributed by atoms with Crippen molar-refractivity contribution in [2.75, 3.05) is 11.9 Å². The Bertz CT molecular complexity index is 994. The molecule has 3 rings (SSSR count). The van der Waals surface area contributed by atoms with Gasteiger partial charge in [-0.15, -0.1) is 5.10 Å². The lowest BCUT2D eigenvalue weighted by molar-refractivity contribution is -0.118. The molecule has 0 saturated heterocycles. The lowest BCUT2D eigenvalue weighted by atomic mass is 9.86. The number of para-hydroxylation sites is 1. The van der Waals surface area contributed by atoms with Gasteiger partial charge in [0.15, 0.2) is 12.4 Å². The van der Waals surface area contributed by atoms with Gasteiger partial charge >= 0.3 is 0 Å². The molecule has 0 radical (unpaired) electrons. The first-order valence-electron chi connectivity index (χ1n) is 8.83. The molecular formula is C20H22FN5O2. The maximum atomic E-state index is 14.1. The summed E-state index contributed by atoms with van der Waals surface area (Å²) in [5.74, 6) is 0.247. The highest BCUT2D eigenvalue weighted by Crippen LogP contribution is 2.30. The second-order valence-corrected chi connectivity index (χ2v) is 7.39. The molecule has 0 fully saturated rings. The summed E-state index contributed by atoms with van der Waals surface area (Å²) in [5.41, 5.74) is 1.48. The fourth-order valence-electron chi connectivity index (χ4n) is 2.76. The van der Waals surface area contributed by atoms with E-state index in [-0.39, 0.29) is 23.6 Å². The Morgan fingerprint density at radius 3 is 2.64 bits per heavy atom. The second-order valence-electron chi connectivity index (χ2n) is 7.39. The zero-order chi connectivity index (χ0) is 20.3. The molecule has 0 bridgehead atoms. The van der Waals surface area contributed by atoms with E-state index in [4.69, 9.17) is 4.74 Å². The van der Waals surface area contributed by atoms with Crippen LogP contribution in [-0.4, -0.2) is 32.7 Å². The van der Waals surface area contributed by atoms with Crippen LogP contribution < -0.4 is 10.1 Å². The highest BCUT2D eigenvalue weighted by molar-refractivity contribution is 5.92. The Kier molecular flexibility index (Phi) is 5.39. The van der Waals surface area contributed by atoms with Crippen molar-refractivity contribution in [3.05, 3.63) is 59.7 Å². The van der Waals surface area contributed by atoms with E-state index in [1.807, 2.05) is 24.3 Å². The number of ether oxygens (including phenoxy) is 1. The number of halogens is 1. The minimum atomic E-state index is -0.497. The van der Waals surface area contributed by atoms with Crippen LogP contribution in [0.4, 0.5) is 10.1 Å². The van der Waals surface area contributed by atoms with Gasteiger partial charge < -0.3 is 10.1 Å². The monoisotopic (exact) mass is 383 g/mol. The maximum Gasteiger partial charge on any atom is 0.262 e. The predicted octanol–water partition coefficient (Wildman–Crippen LogP) is 3.42. The SMILES string of the molecule is Cc1nnnn1-c1cc(NC(=O)COc2ccccc2C(C)(C)C)ccc1F. The lowest BCUT2D eigenvalue weighted by Gasteiger charge is -2.22. The van der Waals surface area contributed by atoms with Crippen LogP contribution in [0.15, 0.2) is 42.5 Å². The molecular weight excluding hydrogens is 361 g/mol. The molecule has 146 valence electrons. The first-order valence-corrected chi connectivity index (χ1v) is 8.83. The van der Waals surface area contributed by atoms with Gasteiger partial charge in [-0.05, 0) is 52.6 Å². The summed E-state index contributed by atoms with van der Waals surface area (Å²) in [5, 5.41) is 13.7. The van der Waals surface area contributed by atoms with Crippen LogP contribution in [0.25, 0.3) is 5.69 Å². The lowest BCUT2D eigenvalue weighted by Crippen LogP contribution is -2.22. The molecule has 0 aliphatic rings. The van der Waals surface area contributed by atoms with Crippen LogP contribution in [0.3, 0.4) is 0 Å². The number of nitrogens with zero attached hydrogens (tertiary/aromatic N) is 4. The van der Waals surface area contributed by atoms with Crippen molar-refractivity contribution in [1.82, 2.24) is 20.2 Å². The second kappa shape index (κ2) is 7.75. The molecule has 3 aromatic rings. The number of carbonyl (C=O) groups excluding carboxylic acids is 1. The van der Waals surface area contributed by atoms with Crippen molar-refractivity contribution in [2.45, 2.75) is 33.1 Å². The van der Waals surface area contributed by atoms with Crippen molar-refractivity contribution in [3.63, 3.8) is 0 Å². The number of carbonyl (C=O) groups is 1. The van der Waals surface area contributed by atoms with Crippen molar-refractivity contribution < 1.29 is 13.9 Å². The normalized spacial score (nSPS) is 11.3. The summed E-state index contributed by atoms with van der Waals surface area (Å²) in [7, 11) is 0. The van der Waals surface area contributed by atoms with E-state index in [0.717, 1.165) is 5.56 Å². The predicted molar refractivity (Wildman–Crippen MR) is 103 cm³/mol. The molecule has 2 aromatic carbocycles. The summed E-state index contributed by atoms with van der Waals surface area (Å²) in [6.45, 7) is 7.73. The van der Waals surface area contributed by atoms with E-state index < -0.39 is 5.82 Å². The summed E-state index contributed by atoms with van der Waals surface area (Å²) >= 11 is 0. The molecule has 1 heterocycles. The van der Waals surface area contributed by atoms with E-state index >= 15 is 0 Å².